The Bertz CT molecular complexity index is 354. The molecule has 1 N–H and O–H groups in total. The molecule has 1 aliphatic rings. The zero-order valence-electron chi connectivity index (χ0n) is 11.8. The van der Waals surface area contributed by atoms with Crippen molar-refractivity contribution < 1.29 is 8.42 Å². The molecule has 0 aliphatic heterocycles. The van der Waals surface area contributed by atoms with E-state index >= 15 is 0 Å². The van der Waals surface area contributed by atoms with Gasteiger partial charge in [0.2, 0.25) is 10.0 Å². The Labute approximate surface area is 120 Å². The quantitative estimate of drug-likeness (QED) is 0.781. The summed E-state index contributed by atoms with van der Waals surface area (Å²) in [5.74, 6) is 0.193. The van der Waals surface area contributed by atoms with E-state index in [1.165, 1.54) is 19.3 Å². The van der Waals surface area contributed by atoms with Crippen molar-refractivity contribution in [3.63, 3.8) is 0 Å². The number of halogens is 1. The number of alkyl halides is 1. The van der Waals surface area contributed by atoms with Crippen molar-refractivity contribution in [1.82, 2.24) is 4.72 Å². The van der Waals surface area contributed by atoms with E-state index in [4.69, 9.17) is 0 Å². The Morgan fingerprint density at radius 2 is 1.72 bits per heavy atom. The Morgan fingerprint density at radius 1 is 1.17 bits per heavy atom. The molecular formula is C13H26BrNO2S. The lowest BCUT2D eigenvalue weighted by Crippen LogP contribution is -2.42. The molecule has 0 amide bonds. The number of hydrogen-bond donors (Lipinski definition) is 1. The third-order valence-electron chi connectivity index (χ3n) is 3.49. The number of sulfonamides is 1. The monoisotopic (exact) mass is 339 g/mol. The smallest absolute Gasteiger partial charge is 0.212 e. The topological polar surface area (TPSA) is 46.2 Å². The summed E-state index contributed by atoms with van der Waals surface area (Å²) in [5, 5.41) is 0.887. The summed E-state index contributed by atoms with van der Waals surface area (Å²) in [7, 11) is -3.16. The first-order valence-corrected chi connectivity index (χ1v) is 9.49. The van der Waals surface area contributed by atoms with Gasteiger partial charge in [-0.2, -0.15) is 0 Å². The molecule has 108 valence electrons. The molecule has 0 radical (unpaired) electrons. The van der Waals surface area contributed by atoms with E-state index < -0.39 is 10.0 Å². The van der Waals surface area contributed by atoms with Crippen LogP contribution in [-0.4, -0.2) is 26.0 Å². The van der Waals surface area contributed by atoms with Crippen LogP contribution >= 0.6 is 15.9 Å². The van der Waals surface area contributed by atoms with Crippen LogP contribution < -0.4 is 4.72 Å². The van der Waals surface area contributed by atoms with Gasteiger partial charge in [-0.1, -0.05) is 56.0 Å². The van der Waals surface area contributed by atoms with Crippen LogP contribution in [0, 0.1) is 10.8 Å². The standard InChI is InChI=1S/C13H26BrNO2S/c1-12(2,3)11-18(16,17)15-10-13(9-14)7-5-4-6-8-13/h15H,4-11H2,1-3H3. The lowest BCUT2D eigenvalue weighted by atomic mass is 9.76. The van der Waals surface area contributed by atoms with E-state index in [1.807, 2.05) is 20.8 Å². The number of nitrogens with one attached hydrogen (secondary N) is 1. The molecular weight excluding hydrogens is 314 g/mol. The number of rotatable bonds is 5. The van der Waals surface area contributed by atoms with Gasteiger partial charge in [0.1, 0.15) is 0 Å². The molecule has 3 nitrogen and oxygen atoms in total. The normalized spacial score (nSPS) is 20.9. The Hall–Kier alpha value is 0.390. The van der Waals surface area contributed by atoms with Gasteiger partial charge in [0.05, 0.1) is 5.75 Å². The van der Waals surface area contributed by atoms with Crippen LogP contribution in [0.3, 0.4) is 0 Å². The lowest BCUT2D eigenvalue weighted by Gasteiger charge is -2.36. The maximum absolute atomic E-state index is 12.0. The van der Waals surface area contributed by atoms with Gasteiger partial charge in [-0.05, 0) is 23.7 Å². The predicted molar refractivity (Wildman–Crippen MR) is 80.6 cm³/mol. The van der Waals surface area contributed by atoms with Gasteiger partial charge in [-0.3, -0.25) is 0 Å². The van der Waals surface area contributed by atoms with E-state index in [0.29, 0.717) is 6.54 Å². The van der Waals surface area contributed by atoms with E-state index in [2.05, 4.69) is 20.7 Å². The highest BCUT2D eigenvalue weighted by Crippen LogP contribution is 2.37. The summed E-state index contributed by atoms with van der Waals surface area (Å²) in [6, 6.07) is 0. The molecule has 5 heteroatoms. The molecule has 0 aromatic rings. The molecule has 1 fully saturated rings. The molecule has 0 aromatic carbocycles. The van der Waals surface area contributed by atoms with Crippen LogP contribution in [0.5, 0.6) is 0 Å². The van der Waals surface area contributed by atoms with Crippen LogP contribution in [0.4, 0.5) is 0 Å². The molecule has 0 unspecified atom stereocenters. The van der Waals surface area contributed by atoms with Crippen molar-refractivity contribution in [3.05, 3.63) is 0 Å². The van der Waals surface area contributed by atoms with Gasteiger partial charge in [-0.25, -0.2) is 13.1 Å². The maximum atomic E-state index is 12.0. The van der Waals surface area contributed by atoms with Crippen molar-refractivity contribution in [3.8, 4) is 0 Å². The average molecular weight is 340 g/mol. The van der Waals surface area contributed by atoms with E-state index in [1.54, 1.807) is 0 Å². The largest absolute Gasteiger partial charge is 0.215 e. The minimum Gasteiger partial charge on any atom is -0.215 e. The SMILES string of the molecule is CC(C)(C)CS(=O)(=O)NCC1(CBr)CCCCC1. The van der Waals surface area contributed by atoms with Crippen molar-refractivity contribution in [1.29, 1.82) is 0 Å². The zero-order valence-corrected chi connectivity index (χ0v) is 14.2. The van der Waals surface area contributed by atoms with E-state index in [9.17, 15) is 8.42 Å². The molecule has 0 aromatic heterocycles. The lowest BCUT2D eigenvalue weighted by molar-refractivity contribution is 0.227. The summed E-state index contributed by atoms with van der Waals surface area (Å²) in [6.07, 6.45) is 5.95. The molecule has 0 heterocycles. The molecule has 0 bridgehead atoms. The first-order valence-electron chi connectivity index (χ1n) is 6.71. The van der Waals surface area contributed by atoms with E-state index in [0.717, 1.165) is 18.2 Å². The molecule has 1 saturated carbocycles. The zero-order chi connectivity index (χ0) is 13.9. The summed E-state index contributed by atoms with van der Waals surface area (Å²) in [5.41, 5.74) is -0.0663. The first-order chi connectivity index (χ1) is 8.18. The van der Waals surface area contributed by atoms with Crippen molar-refractivity contribution in [2.75, 3.05) is 17.6 Å². The first kappa shape index (κ1) is 16.4. The average Bonchev–Trinajstić information content (AvgIpc) is 2.25. The minimum atomic E-state index is -3.16. The second-order valence-corrected chi connectivity index (χ2v) is 9.20. The number of hydrogen-bond acceptors (Lipinski definition) is 2. The third-order valence-corrected chi connectivity index (χ3v) is 6.51. The molecule has 1 aliphatic carbocycles. The van der Waals surface area contributed by atoms with Crippen molar-refractivity contribution in [2.24, 2.45) is 10.8 Å². The van der Waals surface area contributed by atoms with Gasteiger partial charge in [-0.15, -0.1) is 0 Å². The van der Waals surface area contributed by atoms with Gasteiger partial charge in [0, 0.05) is 11.9 Å². The predicted octanol–water partition coefficient (Wildman–Crippen LogP) is 3.30. The van der Waals surface area contributed by atoms with Crippen molar-refractivity contribution in [2.45, 2.75) is 52.9 Å². The summed E-state index contributed by atoms with van der Waals surface area (Å²) in [6.45, 7) is 6.43. The fraction of sp³-hybridized carbons (Fsp3) is 1.00. The van der Waals surface area contributed by atoms with Gasteiger partial charge < -0.3 is 0 Å². The minimum absolute atomic E-state index is 0.128. The van der Waals surface area contributed by atoms with Gasteiger partial charge in [0.15, 0.2) is 0 Å². The van der Waals surface area contributed by atoms with Crippen LogP contribution in [0.15, 0.2) is 0 Å². The highest BCUT2D eigenvalue weighted by Gasteiger charge is 2.32. The van der Waals surface area contributed by atoms with Crippen molar-refractivity contribution >= 4 is 26.0 Å². The molecule has 0 saturated heterocycles. The Balaban J connectivity index is 2.57. The molecule has 1 rings (SSSR count). The highest BCUT2D eigenvalue weighted by atomic mass is 79.9. The fourth-order valence-electron chi connectivity index (χ4n) is 2.54. The Morgan fingerprint density at radius 3 is 2.17 bits per heavy atom. The van der Waals surface area contributed by atoms with Crippen LogP contribution in [0.2, 0.25) is 0 Å². The summed E-state index contributed by atoms with van der Waals surface area (Å²) in [4.78, 5) is 0. The second-order valence-electron chi connectivity index (χ2n) is 6.84. The maximum Gasteiger partial charge on any atom is 0.212 e. The van der Waals surface area contributed by atoms with Crippen LogP contribution in [0.1, 0.15) is 52.9 Å². The summed E-state index contributed by atoms with van der Waals surface area (Å²) < 4.78 is 26.9. The molecule has 0 spiro atoms. The third kappa shape index (κ3) is 5.57. The molecule has 0 atom stereocenters. The van der Waals surface area contributed by atoms with Gasteiger partial charge >= 0.3 is 0 Å². The Kier molecular flexibility index (Phi) is 5.69. The fourth-order valence-corrected chi connectivity index (χ4v) is 5.07. The second kappa shape index (κ2) is 6.23. The van der Waals surface area contributed by atoms with Crippen LogP contribution in [-0.2, 0) is 10.0 Å². The highest BCUT2D eigenvalue weighted by molar-refractivity contribution is 9.09. The van der Waals surface area contributed by atoms with Gasteiger partial charge in [0.25, 0.3) is 0 Å². The van der Waals surface area contributed by atoms with E-state index in [-0.39, 0.29) is 16.6 Å². The summed E-state index contributed by atoms with van der Waals surface area (Å²) >= 11 is 3.56. The molecule has 18 heavy (non-hydrogen) atoms. The van der Waals surface area contributed by atoms with Crippen LogP contribution in [0.25, 0.3) is 0 Å².